The summed E-state index contributed by atoms with van der Waals surface area (Å²) in [6.07, 6.45) is 15.6. The van der Waals surface area contributed by atoms with Crippen LogP contribution in [-0.4, -0.2) is 17.0 Å². The third-order valence-electron chi connectivity index (χ3n) is 10.6. The summed E-state index contributed by atoms with van der Waals surface area (Å²) in [4.78, 5) is 13.5. The maximum absolute atomic E-state index is 13.5. The fourth-order valence-electron chi connectivity index (χ4n) is 8.57. The van der Waals surface area contributed by atoms with Crippen molar-refractivity contribution < 1.29 is 9.90 Å². The molecule has 1 unspecified atom stereocenters. The number of rotatable bonds is 5. The summed E-state index contributed by atoms with van der Waals surface area (Å²) >= 11 is 0. The minimum atomic E-state index is -0.251. The number of carbonyl (C=O) groups excluding carboxylic acids is 1. The van der Waals surface area contributed by atoms with Crippen molar-refractivity contribution in [1.82, 2.24) is 0 Å². The maximum atomic E-state index is 13.5. The van der Waals surface area contributed by atoms with Gasteiger partial charge in [0, 0.05) is 5.92 Å². The third-order valence-corrected chi connectivity index (χ3v) is 10.6. The van der Waals surface area contributed by atoms with Gasteiger partial charge < -0.3 is 5.11 Å². The van der Waals surface area contributed by atoms with E-state index in [-0.39, 0.29) is 22.9 Å². The lowest BCUT2D eigenvalue weighted by Gasteiger charge is -2.57. The molecule has 0 radical (unpaired) electrons. The Hall–Kier alpha value is -0.890. The average Bonchev–Trinajstić information content (AvgIpc) is 3.06. The smallest absolute Gasteiger partial charge is 0.159 e. The van der Waals surface area contributed by atoms with Gasteiger partial charge in [0.1, 0.15) is 0 Å². The van der Waals surface area contributed by atoms with Crippen LogP contribution < -0.4 is 0 Å². The monoisotopic (exact) mass is 426 g/mol. The molecule has 9 atom stereocenters. The molecule has 0 saturated heterocycles. The summed E-state index contributed by atoms with van der Waals surface area (Å²) in [6.45, 7) is 14.3. The van der Waals surface area contributed by atoms with Crippen LogP contribution in [0.1, 0.15) is 92.9 Å². The van der Waals surface area contributed by atoms with Gasteiger partial charge in [-0.05, 0) is 104 Å². The zero-order valence-electron chi connectivity index (χ0n) is 20.9. The van der Waals surface area contributed by atoms with Crippen LogP contribution in [0.3, 0.4) is 0 Å². The lowest BCUT2D eigenvalue weighted by atomic mass is 9.46. The van der Waals surface area contributed by atoms with Crippen LogP contribution in [0, 0.1) is 52.3 Å². The van der Waals surface area contributed by atoms with Crippen LogP contribution in [0.4, 0.5) is 0 Å². The molecule has 0 aliphatic heterocycles. The van der Waals surface area contributed by atoms with Crippen molar-refractivity contribution in [2.45, 2.75) is 99.0 Å². The Morgan fingerprint density at radius 2 is 1.81 bits per heavy atom. The van der Waals surface area contributed by atoms with Gasteiger partial charge in [0.15, 0.2) is 5.78 Å². The molecule has 1 N–H and O–H groups in total. The summed E-state index contributed by atoms with van der Waals surface area (Å²) in [5, 5.41) is 10.2. The molecule has 3 saturated carbocycles. The Bertz CT molecular complexity index is 748. The van der Waals surface area contributed by atoms with Crippen LogP contribution in [0.5, 0.6) is 0 Å². The largest absolute Gasteiger partial charge is 0.393 e. The molecule has 0 spiro atoms. The predicted octanol–water partition coefficient (Wildman–Crippen LogP) is 6.98. The number of allylic oxidation sites excluding steroid dienone is 3. The Morgan fingerprint density at radius 1 is 1.06 bits per heavy atom. The van der Waals surface area contributed by atoms with E-state index in [0.717, 1.165) is 12.8 Å². The van der Waals surface area contributed by atoms with E-state index in [0.29, 0.717) is 47.7 Å². The van der Waals surface area contributed by atoms with Gasteiger partial charge in [-0.1, -0.05) is 59.3 Å². The van der Waals surface area contributed by atoms with E-state index in [1.54, 1.807) is 0 Å². The highest BCUT2D eigenvalue weighted by atomic mass is 16.3. The molecule has 3 fully saturated rings. The Labute approximate surface area is 191 Å². The summed E-state index contributed by atoms with van der Waals surface area (Å²) in [6, 6.07) is 0. The number of hydrogen-bond donors (Lipinski definition) is 1. The van der Waals surface area contributed by atoms with Gasteiger partial charge in [0.25, 0.3) is 0 Å². The lowest BCUT2D eigenvalue weighted by molar-refractivity contribution is -0.134. The number of hydrogen-bond acceptors (Lipinski definition) is 2. The molecule has 2 heteroatoms. The van der Waals surface area contributed by atoms with Crippen LogP contribution in [0.2, 0.25) is 0 Å². The third kappa shape index (κ3) is 3.79. The first-order valence-electron chi connectivity index (χ1n) is 13.2. The van der Waals surface area contributed by atoms with E-state index >= 15 is 0 Å². The molecule has 4 aliphatic carbocycles. The van der Waals surface area contributed by atoms with Crippen molar-refractivity contribution in [1.29, 1.82) is 0 Å². The molecular weight excluding hydrogens is 380 g/mol. The van der Waals surface area contributed by atoms with Crippen LogP contribution in [0.25, 0.3) is 0 Å². The topological polar surface area (TPSA) is 37.3 Å². The van der Waals surface area contributed by atoms with Crippen molar-refractivity contribution in [3.8, 4) is 0 Å². The van der Waals surface area contributed by atoms with Crippen molar-refractivity contribution in [2.75, 3.05) is 0 Å². The minimum absolute atomic E-state index is 0.133. The highest BCUT2D eigenvalue weighted by Crippen LogP contribution is 2.66. The van der Waals surface area contributed by atoms with E-state index in [1.807, 2.05) is 6.08 Å². The molecule has 4 aliphatic rings. The molecule has 4 rings (SSSR count). The highest BCUT2D eigenvalue weighted by molar-refractivity contribution is 5.94. The SMILES string of the molecule is CC[C@H](C=C[C@@H](C)[C@H]1CC[C@H]2[C@@H]3C(=O)C=C4CC(O)CC[C@]4(C)[C@H]3CC[C@]12C)C(C)C. The second kappa shape index (κ2) is 8.47. The van der Waals surface area contributed by atoms with Gasteiger partial charge >= 0.3 is 0 Å². The molecular formula is C29H46O2. The van der Waals surface area contributed by atoms with Gasteiger partial charge in [0.2, 0.25) is 0 Å². The normalized spacial score (nSPS) is 44.6. The van der Waals surface area contributed by atoms with Crippen molar-refractivity contribution in [2.24, 2.45) is 52.3 Å². The van der Waals surface area contributed by atoms with Crippen molar-refractivity contribution >= 4 is 5.78 Å². The zero-order valence-corrected chi connectivity index (χ0v) is 20.9. The van der Waals surface area contributed by atoms with Gasteiger partial charge in [-0.2, -0.15) is 0 Å². The molecule has 174 valence electrons. The summed E-state index contributed by atoms with van der Waals surface area (Å²) in [5.74, 6) is 4.27. The molecule has 0 bridgehead atoms. The van der Waals surface area contributed by atoms with Crippen LogP contribution >= 0.6 is 0 Å². The van der Waals surface area contributed by atoms with Gasteiger partial charge in [0.05, 0.1) is 6.10 Å². The second-order valence-electron chi connectivity index (χ2n) is 12.4. The van der Waals surface area contributed by atoms with Crippen molar-refractivity contribution in [3.63, 3.8) is 0 Å². The van der Waals surface area contributed by atoms with Gasteiger partial charge in [-0.3, -0.25) is 4.79 Å². The minimum Gasteiger partial charge on any atom is -0.393 e. The fourth-order valence-corrected chi connectivity index (χ4v) is 8.57. The lowest BCUT2D eigenvalue weighted by Crippen LogP contribution is -2.53. The van der Waals surface area contributed by atoms with E-state index in [9.17, 15) is 9.90 Å². The van der Waals surface area contributed by atoms with E-state index < -0.39 is 0 Å². The number of aliphatic hydroxyl groups is 1. The number of fused-ring (bicyclic) bond motifs is 5. The van der Waals surface area contributed by atoms with Crippen LogP contribution in [-0.2, 0) is 4.79 Å². The van der Waals surface area contributed by atoms with E-state index in [1.165, 1.54) is 37.7 Å². The first-order chi connectivity index (χ1) is 14.6. The quantitative estimate of drug-likeness (QED) is 0.481. The second-order valence-corrected chi connectivity index (χ2v) is 12.4. The average molecular weight is 427 g/mol. The molecule has 31 heavy (non-hydrogen) atoms. The molecule has 2 nitrogen and oxygen atoms in total. The van der Waals surface area contributed by atoms with E-state index in [4.69, 9.17) is 0 Å². The highest BCUT2D eigenvalue weighted by Gasteiger charge is 2.61. The summed E-state index contributed by atoms with van der Waals surface area (Å²) in [5.41, 5.74) is 1.68. The molecule has 0 aromatic heterocycles. The van der Waals surface area contributed by atoms with Crippen molar-refractivity contribution in [3.05, 3.63) is 23.8 Å². The number of ketones is 1. The number of aliphatic hydroxyl groups excluding tert-OH is 1. The molecule has 0 aromatic carbocycles. The summed E-state index contributed by atoms with van der Waals surface area (Å²) in [7, 11) is 0. The van der Waals surface area contributed by atoms with Crippen LogP contribution in [0.15, 0.2) is 23.8 Å². The first-order valence-corrected chi connectivity index (χ1v) is 13.2. The Kier molecular flexibility index (Phi) is 6.36. The fraction of sp³-hybridized carbons (Fsp3) is 0.828. The van der Waals surface area contributed by atoms with Gasteiger partial charge in [-0.15, -0.1) is 0 Å². The van der Waals surface area contributed by atoms with E-state index in [2.05, 4.69) is 53.7 Å². The first kappa shape index (κ1) is 23.3. The molecule has 0 amide bonds. The number of carbonyl (C=O) groups is 1. The molecule has 0 heterocycles. The maximum Gasteiger partial charge on any atom is 0.159 e. The standard InChI is InChI=1S/C29H46O2/c1-7-20(18(2)3)9-8-19(4)23-10-11-24-27-25(13-15-29(23,24)6)28(5)14-12-22(30)16-21(28)17-26(27)31/h8-9,17-20,22-25,27,30H,7,10-16H2,1-6H3/t19-,20-,22?,23-,24+,25+,27+,28+,29-/m1/s1. The molecule has 0 aromatic rings. The summed E-state index contributed by atoms with van der Waals surface area (Å²) < 4.78 is 0. The Balaban J connectivity index is 1.57. The van der Waals surface area contributed by atoms with Gasteiger partial charge in [-0.25, -0.2) is 0 Å². The zero-order chi connectivity index (χ0) is 22.6. The Morgan fingerprint density at radius 3 is 2.48 bits per heavy atom. The predicted molar refractivity (Wildman–Crippen MR) is 129 cm³/mol.